The lowest BCUT2D eigenvalue weighted by molar-refractivity contribution is -0.130. The van der Waals surface area contributed by atoms with Crippen LogP contribution >= 0.6 is 34.7 Å². The molecule has 0 atom stereocenters. The van der Waals surface area contributed by atoms with Gasteiger partial charge in [-0.25, -0.2) is 0 Å². The minimum absolute atomic E-state index is 0.0861. The summed E-state index contributed by atoms with van der Waals surface area (Å²) in [5, 5.41) is 2.79. The van der Waals surface area contributed by atoms with Crippen molar-refractivity contribution in [3.8, 4) is 0 Å². The molecule has 1 saturated heterocycles. The van der Waals surface area contributed by atoms with Gasteiger partial charge in [0.05, 0.1) is 15.6 Å². The fourth-order valence-corrected chi connectivity index (χ4v) is 4.76. The molecule has 1 aromatic heterocycles. The van der Waals surface area contributed by atoms with Crippen LogP contribution in [-0.2, 0) is 16.0 Å². The zero-order valence-corrected chi connectivity index (χ0v) is 17.7. The second-order valence-electron chi connectivity index (χ2n) is 6.44. The lowest BCUT2D eigenvalue weighted by atomic mass is 10.1. The minimum atomic E-state index is -0.217. The average Bonchev–Trinajstić information content (AvgIpc) is 3.15. The van der Waals surface area contributed by atoms with E-state index in [2.05, 4.69) is 5.32 Å². The van der Waals surface area contributed by atoms with E-state index in [0.717, 1.165) is 30.2 Å². The molecule has 2 amide bonds. The van der Waals surface area contributed by atoms with E-state index >= 15 is 0 Å². The Labute approximate surface area is 177 Å². The lowest BCUT2D eigenvalue weighted by Gasteiger charge is -2.26. The summed E-state index contributed by atoms with van der Waals surface area (Å²) in [4.78, 5) is 38.9. The van der Waals surface area contributed by atoms with Crippen LogP contribution in [0.4, 0.5) is 5.69 Å². The number of nitrogens with zero attached hydrogens (tertiary/aromatic N) is 1. The molecule has 0 spiro atoms. The molecule has 1 N–H and O–H groups in total. The van der Waals surface area contributed by atoms with E-state index in [-0.39, 0.29) is 30.4 Å². The number of rotatable bonds is 7. The smallest absolute Gasteiger partial charge is 0.227 e. The van der Waals surface area contributed by atoms with Crippen LogP contribution in [0.5, 0.6) is 0 Å². The molecule has 8 heteroatoms. The van der Waals surface area contributed by atoms with Gasteiger partial charge in [-0.1, -0.05) is 23.7 Å². The van der Waals surface area contributed by atoms with Gasteiger partial charge in [0.25, 0.3) is 0 Å². The summed E-state index contributed by atoms with van der Waals surface area (Å²) in [6.07, 6.45) is 0.627. The van der Waals surface area contributed by atoms with Gasteiger partial charge in [0.15, 0.2) is 5.78 Å². The van der Waals surface area contributed by atoms with E-state index in [1.54, 1.807) is 24.3 Å². The van der Waals surface area contributed by atoms with E-state index in [1.165, 1.54) is 11.3 Å². The quantitative estimate of drug-likeness (QED) is 0.663. The van der Waals surface area contributed by atoms with Crippen LogP contribution in [0.3, 0.4) is 0 Å². The summed E-state index contributed by atoms with van der Waals surface area (Å²) in [6.45, 7) is 1.63. The van der Waals surface area contributed by atoms with Crippen molar-refractivity contribution in [2.75, 3.05) is 29.9 Å². The predicted octanol–water partition coefficient (Wildman–Crippen LogP) is 4.12. The number of carbonyl (C=O) groups excluding carboxylic acids is 3. The molecule has 5 nitrogen and oxygen atoms in total. The maximum absolute atomic E-state index is 12.3. The van der Waals surface area contributed by atoms with Gasteiger partial charge in [-0.15, -0.1) is 11.3 Å². The normalized spacial score (nSPS) is 14.0. The van der Waals surface area contributed by atoms with Gasteiger partial charge in [0, 0.05) is 43.1 Å². The Morgan fingerprint density at radius 2 is 1.71 bits per heavy atom. The highest BCUT2D eigenvalue weighted by Crippen LogP contribution is 2.23. The Bertz CT molecular complexity index is 845. The fraction of sp³-hybridized carbons (Fsp3) is 0.350. The molecule has 3 rings (SSSR count). The van der Waals surface area contributed by atoms with E-state index < -0.39 is 0 Å². The largest absolute Gasteiger partial charge is 0.341 e. The number of hydrogen-bond donors (Lipinski definition) is 1. The van der Waals surface area contributed by atoms with Gasteiger partial charge >= 0.3 is 0 Å². The van der Waals surface area contributed by atoms with Gasteiger partial charge in [-0.3, -0.25) is 14.4 Å². The van der Waals surface area contributed by atoms with Crippen LogP contribution in [0.2, 0.25) is 4.34 Å². The number of hydrogen-bond acceptors (Lipinski definition) is 5. The van der Waals surface area contributed by atoms with Crippen LogP contribution in [0.1, 0.15) is 28.1 Å². The van der Waals surface area contributed by atoms with Crippen molar-refractivity contribution >= 4 is 58.0 Å². The van der Waals surface area contributed by atoms with Crippen molar-refractivity contribution in [1.29, 1.82) is 0 Å². The van der Waals surface area contributed by atoms with Crippen molar-refractivity contribution in [3.05, 3.63) is 51.2 Å². The second kappa shape index (κ2) is 10.1. The van der Waals surface area contributed by atoms with Crippen molar-refractivity contribution in [2.45, 2.75) is 19.3 Å². The number of ketones is 1. The third-order valence-electron chi connectivity index (χ3n) is 4.38. The summed E-state index contributed by atoms with van der Waals surface area (Å²) in [5.74, 6) is 1.84. The summed E-state index contributed by atoms with van der Waals surface area (Å²) < 4.78 is 0.561. The zero-order valence-electron chi connectivity index (χ0n) is 15.3. The number of carbonyl (C=O) groups is 3. The van der Waals surface area contributed by atoms with Crippen molar-refractivity contribution < 1.29 is 14.4 Å². The maximum Gasteiger partial charge on any atom is 0.227 e. The Kier molecular flexibility index (Phi) is 7.53. The van der Waals surface area contributed by atoms with Crippen LogP contribution in [-0.4, -0.2) is 47.1 Å². The Balaban J connectivity index is 1.44. The van der Waals surface area contributed by atoms with Crippen molar-refractivity contribution in [3.63, 3.8) is 0 Å². The third kappa shape index (κ3) is 6.09. The minimum Gasteiger partial charge on any atom is -0.341 e. The number of thiophene rings is 1. The first kappa shape index (κ1) is 20.9. The van der Waals surface area contributed by atoms with Crippen molar-refractivity contribution in [2.24, 2.45) is 0 Å². The fourth-order valence-electron chi connectivity index (χ4n) is 2.84. The third-order valence-corrected chi connectivity index (χ3v) is 6.60. The Morgan fingerprint density at radius 3 is 2.36 bits per heavy atom. The average molecular weight is 437 g/mol. The van der Waals surface area contributed by atoms with Gasteiger partial charge in [-0.2, -0.15) is 11.8 Å². The first-order valence-corrected chi connectivity index (χ1v) is 11.4. The number of nitrogens with one attached hydrogen (secondary N) is 1. The van der Waals surface area contributed by atoms with Gasteiger partial charge in [-0.05, 0) is 29.8 Å². The molecule has 1 aliphatic rings. The summed E-state index contributed by atoms with van der Waals surface area (Å²) in [7, 11) is 0. The monoisotopic (exact) mass is 436 g/mol. The molecule has 2 heterocycles. The Hall–Kier alpha value is -1.83. The number of Topliss-reactive ketones (excluding diaryl/α,β-unsaturated/α-hetero) is 1. The highest BCUT2D eigenvalue weighted by Gasteiger charge is 2.17. The van der Waals surface area contributed by atoms with Gasteiger partial charge < -0.3 is 10.2 Å². The number of amides is 2. The summed E-state index contributed by atoms with van der Waals surface area (Å²) in [5.41, 5.74) is 1.58. The molecular formula is C20H21ClN2O3S2. The van der Waals surface area contributed by atoms with Gasteiger partial charge in [0.2, 0.25) is 11.8 Å². The van der Waals surface area contributed by atoms with Crippen LogP contribution in [0.25, 0.3) is 0 Å². The highest BCUT2D eigenvalue weighted by molar-refractivity contribution is 7.99. The molecule has 28 heavy (non-hydrogen) atoms. The van der Waals surface area contributed by atoms with E-state index in [4.69, 9.17) is 11.6 Å². The SMILES string of the molecule is O=C(CCC(=O)c1ccc(Cl)s1)Nc1ccc(CC(=O)N2CCSCC2)cc1. The molecule has 0 aliphatic carbocycles. The molecule has 0 bridgehead atoms. The first-order valence-electron chi connectivity index (χ1n) is 9.04. The predicted molar refractivity (Wildman–Crippen MR) is 116 cm³/mol. The summed E-state index contributed by atoms with van der Waals surface area (Å²) in [6, 6.07) is 10.6. The topological polar surface area (TPSA) is 66.5 Å². The van der Waals surface area contributed by atoms with Gasteiger partial charge in [0.1, 0.15) is 0 Å². The van der Waals surface area contributed by atoms with E-state index in [0.29, 0.717) is 21.3 Å². The second-order valence-corrected chi connectivity index (χ2v) is 9.38. The zero-order chi connectivity index (χ0) is 19.9. The number of thioether (sulfide) groups is 1. The Morgan fingerprint density at radius 1 is 1.00 bits per heavy atom. The van der Waals surface area contributed by atoms with Crippen molar-refractivity contribution in [1.82, 2.24) is 4.90 Å². The molecular weight excluding hydrogens is 416 g/mol. The molecule has 0 unspecified atom stereocenters. The maximum atomic E-state index is 12.3. The van der Waals surface area contributed by atoms with E-state index in [1.807, 2.05) is 28.8 Å². The van der Waals surface area contributed by atoms with Crippen LogP contribution < -0.4 is 5.32 Å². The summed E-state index contributed by atoms with van der Waals surface area (Å²) >= 11 is 8.92. The first-order chi connectivity index (χ1) is 13.5. The molecule has 2 aromatic rings. The molecule has 1 fully saturated rings. The molecule has 1 aliphatic heterocycles. The van der Waals surface area contributed by atoms with Crippen LogP contribution in [0.15, 0.2) is 36.4 Å². The lowest BCUT2D eigenvalue weighted by Crippen LogP contribution is -2.38. The molecule has 0 radical (unpaired) electrons. The number of halogens is 1. The molecule has 0 saturated carbocycles. The standard InChI is InChI=1S/C20H21ClN2O3S2/c21-18-7-6-17(28-18)16(24)5-8-19(25)22-15-3-1-14(2-4-15)13-20(26)23-9-11-27-12-10-23/h1-4,6-7H,5,8-13H2,(H,22,25). The molecule has 148 valence electrons. The van der Waals surface area contributed by atoms with Crippen LogP contribution in [0, 0.1) is 0 Å². The number of benzene rings is 1. The number of anilines is 1. The highest BCUT2D eigenvalue weighted by atomic mass is 35.5. The van der Waals surface area contributed by atoms with E-state index in [9.17, 15) is 14.4 Å². The molecule has 1 aromatic carbocycles.